The van der Waals surface area contributed by atoms with E-state index in [9.17, 15) is 0 Å². The maximum atomic E-state index is 8.86. The highest BCUT2D eigenvalue weighted by atomic mass is 31.2. The molecule has 0 heterocycles. The minimum atomic E-state index is -1.26. The van der Waals surface area contributed by atoms with Gasteiger partial charge in [0, 0.05) is 18.6 Å². The Labute approximate surface area is 283 Å². The lowest BCUT2D eigenvalue weighted by molar-refractivity contribution is 0.00831. The molecule has 9 nitrogen and oxygen atoms in total. The summed E-state index contributed by atoms with van der Waals surface area (Å²) in [6, 6.07) is 31.9. The van der Waals surface area contributed by atoms with Crippen molar-refractivity contribution < 1.29 is 28.0 Å². The Bertz CT molecular complexity index is 1230. The molecule has 0 saturated carbocycles. The van der Waals surface area contributed by atoms with Crippen molar-refractivity contribution in [1.29, 1.82) is 5.26 Å². The zero-order valence-corrected chi connectivity index (χ0v) is 29.5. The van der Waals surface area contributed by atoms with Crippen LogP contribution in [0.5, 0.6) is 5.75 Å². The Morgan fingerprint density at radius 1 is 0.660 bits per heavy atom. The second-order valence-electron chi connectivity index (χ2n) is 11.4. The van der Waals surface area contributed by atoms with Gasteiger partial charge in [-0.25, -0.2) is 4.67 Å². The molecule has 3 aromatic rings. The van der Waals surface area contributed by atoms with E-state index in [2.05, 4.69) is 104 Å². The lowest BCUT2D eigenvalue weighted by atomic mass is 9.77. The molecule has 1 N–H and O–H groups in total. The normalized spacial score (nSPS) is 12.5. The van der Waals surface area contributed by atoms with Crippen LogP contribution in [-0.4, -0.2) is 83.3 Å². The van der Waals surface area contributed by atoms with Crippen LogP contribution < -0.4 is 10.1 Å². The third-order valence-corrected chi connectivity index (χ3v) is 9.52. The summed E-state index contributed by atoms with van der Waals surface area (Å²) in [5.74, 6) is 0.817. The summed E-state index contributed by atoms with van der Waals surface area (Å²) in [4.78, 5) is 0. The quantitative estimate of drug-likeness (QED) is 0.0622. The molecule has 10 heteroatoms. The van der Waals surface area contributed by atoms with Gasteiger partial charge in [-0.1, -0.05) is 72.8 Å². The number of hydrogen-bond acceptors (Lipinski definition) is 9. The minimum Gasteiger partial charge on any atom is -0.497 e. The monoisotopic (exact) mass is 665 g/mol. The highest BCUT2D eigenvalue weighted by molar-refractivity contribution is 7.44. The molecule has 0 aliphatic rings. The van der Waals surface area contributed by atoms with Gasteiger partial charge >= 0.3 is 0 Å². The van der Waals surface area contributed by atoms with E-state index < -0.39 is 14.1 Å². The fraction of sp³-hybridized carbons (Fsp3) is 0.486. The second-order valence-corrected chi connectivity index (χ2v) is 12.8. The van der Waals surface area contributed by atoms with Gasteiger partial charge in [0.2, 0.25) is 0 Å². The van der Waals surface area contributed by atoms with E-state index in [1.807, 2.05) is 24.3 Å². The third-order valence-electron chi connectivity index (χ3n) is 7.41. The fourth-order valence-electron chi connectivity index (χ4n) is 5.36. The zero-order valence-electron chi connectivity index (χ0n) is 28.6. The number of benzene rings is 3. The maximum absolute atomic E-state index is 8.86. The summed E-state index contributed by atoms with van der Waals surface area (Å²) in [5.41, 5.74) is 2.84. The summed E-state index contributed by atoms with van der Waals surface area (Å²) in [5, 5.41) is 12.7. The molecule has 0 spiro atoms. The average Bonchev–Trinajstić information content (AvgIpc) is 3.09. The Balaban J connectivity index is 1.41. The number of rotatable bonds is 24. The van der Waals surface area contributed by atoms with Crippen molar-refractivity contribution in [3.8, 4) is 11.8 Å². The third kappa shape index (κ3) is 12.2. The number of nitrogens with zero attached hydrogens (tertiary/aromatic N) is 2. The first-order chi connectivity index (χ1) is 22.9. The number of ether oxygens (including phenoxy) is 4. The summed E-state index contributed by atoms with van der Waals surface area (Å²) in [6.07, 6.45) is 0.339. The smallest absolute Gasteiger partial charge is 0.259 e. The van der Waals surface area contributed by atoms with Crippen LogP contribution >= 0.6 is 8.53 Å². The van der Waals surface area contributed by atoms with Crippen LogP contribution in [0, 0.1) is 11.3 Å². The van der Waals surface area contributed by atoms with Crippen molar-refractivity contribution in [1.82, 2.24) is 9.99 Å². The Morgan fingerprint density at radius 3 is 1.62 bits per heavy atom. The topological polar surface area (TPSA) is 94.4 Å². The van der Waals surface area contributed by atoms with Gasteiger partial charge in [-0.15, -0.1) is 0 Å². The van der Waals surface area contributed by atoms with Crippen molar-refractivity contribution in [2.75, 3.05) is 66.5 Å². The number of hydrogen-bond donors (Lipinski definition) is 1. The molecular formula is C37H52N3O6P. The van der Waals surface area contributed by atoms with E-state index >= 15 is 0 Å². The van der Waals surface area contributed by atoms with Crippen LogP contribution in [0.2, 0.25) is 0 Å². The molecule has 0 aromatic heterocycles. The molecule has 3 rings (SSSR count). The zero-order chi connectivity index (χ0) is 33.7. The van der Waals surface area contributed by atoms with Crippen LogP contribution in [0.3, 0.4) is 0 Å². The fourth-order valence-corrected chi connectivity index (χ4v) is 6.94. The van der Waals surface area contributed by atoms with Crippen LogP contribution in [0.25, 0.3) is 0 Å². The lowest BCUT2D eigenvalue weighted by Crippen LogP contribution is -2.46. The Hall–Kier alpha value is -2.90. The predicted octanol–water partition coefficient (Wildman–Crippen LogP) is 6.92. The number of nitrogens with one attached hydrogen (secondary N) is 1. The van der Waals surface area contributed by atoms with E-state index in [4.69, 9.17) is 33.3 Å². The molecule has 1 atom stereocenters. The molecule has 0 aliphatic carbocycles. The molecule has 0 fully saturated rings. The number of nitriles is 1. The molecule has 256 valence electrons. The Kier molecular flexibility index (Phi) is 17.9. The van der Waals surface area contributed by atoms with Gasteiger partial charge in [0.15, 0.2) is 0 Å². The van der Waals surface area contributed by atoms with Gasteiger partial charge in [-0.05, 0) is 56.5 Å². The van der Waals surface area contributed by atoms with E-state index in [1.165, 1.54) is 0 Å². The molecule has 0 saturated heterocycles. The van der Waals surface area contributed by atoms with E-state index in [1.54, 1.807) is 7.11 Å². The molecule has 3 aromatic carbocycles. The highest BCUT2D eigenvalue weighted by Gasteiger charge is 2.35. The van der Waals surface area contributed by atoms with Gasteiger partial charge in [0.1, 0.15) is 5.75 Å². The maximum Gasteiger partial charge on any atom is 0.259 e. The summed E-state index contributed by atoms with van der Waals surface area (Å²) in [7, 11) is 0.423. The van der Waals surface area contributed by atoms with Gasteiger partial charge in [0.05, 0.1) is 78.0 Å². The van der Waals surface area contributed by atoms with Gasteiger partial charge < -0.3 is 28.0 Å². The van der Waals surface area contributed by atoms with Crippen LogP contribution in [0.4, 0.5) is 0 Å². The first kappa shape index (κ1) is 38.5. The molecular weight excluding hydrogens is 613 g/mol. The van der Waals surface area contributed by atoms with Gasteiger partial charge in [0.25, 0.3) is 8.53 Å². The van der Waals surface area contributed by atoms with Crippen LogP contribution in [-0.2, 0) is 28.8 Å². The second kappa shape index (κ2) is 21.9. The molecule has 0 amide bonds. The summed E-state index contributed by atoms with van der Waals surface area (Å²) in [6.45, 7) is 12.7. The van der Waals surface area contributed by atoms with Gasteiger partial charge in [-0.2, -0.15) is 5.26 Å². The van der Waals surface area contributed by atoms with Crippen LogP contribution in [0.15, 0.2) is 84.9 Å². The van der Waals surface area contributed by atoms with Gasteiger partial charge in [-0.3, -0.25) is 5.32 Å². The first-order valence-corrected chi connectivity index (χ1v) is 17.5. The SMILES string of the molecule is COc1ccc(C(NCCOCCOCCOCCOP(OCCC#N)N(C(C)C)C(C)C)(c2ccccc2)c2ccccc2)cc1. The molecule has 1 unspecified atom stereocenters. The van der Waals surface area contributed by atoms with E-state index in [0.717, 1.165) is 22.4 Å². The highest BCUT2D eigenvalue weighted by Crippen LogP contribution is 2.45. The molecule has 0 radical (unpaired) electrons. The first-order valence-electron chi connectivity index (χ1n) is 16.4. The lowest BCUT2D eigenvalue weighted by Gasteiger charge is -2.37. The molecule has 0 bridgehead atoms. The summed E-state index contributed by atoms with van der Waals surface area (Å²) >= 11 is 0. The average molecular weight is 666 g/mol. The van der Waals surface area contributed by atoms with E-state index in [-0.39, 0.29) is 12.1 Å². The van der Waals surface area contributed by atoms with Crippen molar-refractivity contribution in [3.05, 3.63) is 102 Å². The standard InChI is InChI=1S/C37H52N3O6P/c1-31(2)40(32(3)4)47(45-23-12-21-38)46-30-29-44-28-27-43-26-25-42-24-22-39-37(33-13-8-6-9-14-33,34-15-10-7-11-16-34)35-17-19-36(41-5)20-18-35/h6-11,13-20,31-32,39H,12,22-30H2,1-5H3. The number of methoxy groups -OCH3 is 1. The largest absolute Gasteiger partial charge is 0.497 e. The minimum absolute atomic E-state index is 0.263. The van der Waals surface area contributed by atoms with Crippen molar-refractivity contribution in [3.63, 3.8) is 0 Å². The Morgan fingerprint density at radius 2 is 1.13 bits per heavy atom. The van der Waals surface area contributed by atoms with E-state index in [0.29, 0.717) is 65.8 Å². The molecule has 0 aliphatic heterocycles. The predicted molar refractivity (Wildman–Crippen MR) is 187 cm³/mol. The van der Waals surface area contributed by atoms with Crippen molar-refractivity contribution in [2.45, 2.75) is 51.7 Å². The van der Waals surface area contributed by atoms with Crippen LogP contribution in [0.1, 0.15) is 50.8 Å². The van der Waals surface area contributed by atoms with Crippen molar-refractivity contribution >= 4 is 8.53 Å². The van der Waals surface area contributed by atoms with Crippen molar-refractivity contribution in [2.24, 2.45) is 0 Å². The summed E-state index contributed by atoms with van der Waals surface area (Å²) < 4.78 is 37.0. The molecule has 47 heavy (non-hydrogen) atoms.